The predicted octanol–water partition coefficient (Wildman–Crippen LogP) is 5.12. The van der Waals surface area contributed by atoms with Crippen molar-refractivity contribution in [1.82, 2.24) is 5.32 Å². The molecule has 1 aliphatic rings. The normalized spacial score (nSPS) is 13.9. The number of hydrogen-bond donors (Lipinski definition) is 2. The number of hydrogen-bond acceptors (Lipinski definition) is 8. The van der Waals surface area contributed by atoms with Crippen molar-refractivity contribution >= 4 is 28.8 Å². The van der Waals surface area contributed by atoms with Crippen LogP contribution in [0, 0.1) is 11.3 Å². The Morgan fingerprint density at radius 3 is 2.50 bits per heavy atom. The van der Waals surface area contributed by atoms with Crippen LogP contribution >= 0.6 is 0 Å². The molecule has 0 aromatic heterocycles. The largest absolute Gasteiger partial charge is 0.462 e. The van der Waals surface area contributed by atoms with Gasteiger partial charge in [0.1, 0.15) is 12.4 Å². The van der Waals surface area contributed by atoms with Crippen molar-refractivity contribution in [3.63, 3.8) is 0 Å². The van der Waals surface area contributed by atoms with Gasteiger partial charge in [0.25, 0.3) is 0 Å². The van der Waals surface area contributed by atoms with E-state index in [2.05, 4.69) is 28.7 Å². The van der Waals surface area contributed by atoms with Gasteiger partial charge < -0.3 is 25.0 Å². The van der Waals surface area contributed by atoms with E-state index in [9.17, 15) is 4.79 Å². The summed E-state index contributed by atoms with van der Waals surface area (Å²) in [4.78, 5) is 19.7. The maximum Gasteiger partial charge on any atom is 0.340 e. The first-order chi connectivity index (χ1) is 18.4. The lowest BCUT2D eigenvalue weighted by molar-refractivity contribution is 0.0526. The van der Waals surface area contributed by atoms with Crippen molar-refractivity contribution in [3.05, 3.63) is 89.8 Å². The summed E-state index contributed by atoms with van der Waals surface area (Å²) in [7, 11) is 0. The summed E-state index contributed by atoms with van der Waals surface area (Å²) >= 11 is 0. The average molecular weight is 514 g/mol. The number of benzene rings is 2. The molecule has 2 aromatic rings. The van der Waals surface area contributed by atoms with Gasteiger partial charge in [0, 0.05) is 30.0 Å². The minimum atomic E-state index is -0.372. The number of morpholine rings is 1. The van der Waals surface area contributed by atoms with Gasteiger partial charge >= 0.3 is 5.97 Å². The summed E-state index contributed by atoms with van der Waals surface area (Å²) in [6.07, 6.45) is 1.99. The fourth-order valence-electron chi connectivity index (χ4n) is 3.99. The molecule has 1 saturated heterocycles. The van der Waals surface area contributed by atoms with E-state index in [0.717, 1.165) is 28.1 Å². The molecule has 0 unspecified atom stereocenters. The average Bonchev–Trinajstić information content (AvgIpc) is 2.95. The summed E-state index contributed by atoms with van der Waals surface area (Å²) < 4.78 is 10.8. The van der Waals surface area contributed by atoms with Gasteiger partial charge in [0.05, 0.1) is 42.9 Å². The zero-order valence-electron chi connectivity index (χ0n) is 22.3. The molecule has 38 heavy (non-hydrogen) atoms. The van der Waals surface area contributed by atoms with Gasteiger partial charge in [-0.15, -0.1) is 0 Å². The SMILES string of the molecule is C=C(/N=C(\C(C)=C/C)c1ccc(C(=C)NCC#N)cc1)Nc1ccc(N2CCOCC2)c(C(=O)OCC)c1. The second kappa shape index (κ2) is 13.8. The number of nitrogens with zero attached hydrogens (tertiary/aromatic N) is 3. The molecule has 0 amide bonds. The summed E-state index contributed by atoms with van der Waals surface area (Å²) in [5.41, 5.74) is 6.24. The van der Waals surface area contributed by atoms with Crippen LogP contribution in [0.2, 0.25) is 0 Å². The molecule has 0 spiro atoms. The summed E-state index contributed by atoms with van der Waals surface area (Å²) in [6, 6.07) is 15.5. The Labute approximate surface area is 225 Å². The number of carbonyl (C=O) groups is 1. The molecule has 0 bridgehead atoms. The van der Waals surface area contributed by atoms with Crippen molar-refractivity contribution < 1.29 is 14.3 Å². The van der Waals surface area contributed by atoms with E-state index >= 15 is 0 Å². The van der Waals surface area contributed by atoms with Crippen molar-refractivity contribution in [3.8, 4) is 6.07 Å². The van der Waals surface area contributed by atoms with E-state index in [-0.39, 0.29) is 12.5 Å². The van der Waals surface area contributed by atoms with Crippen molar-refractivity contribution in [2.75, 3.05) is 49.7 Å². The highest BCUT2D eigenvalue weighted by Gasteiger charge is 2.20. The number of esters is 1. The summed E-state index contributed by atoms with van der Waals surface area (Å²) in [5.74, 6) is 0.0578. The molecule has 1 heterocycles. The molecular formula is C30H35N5O3. The van der Waals surface area contributed by atoms with Gasteiger partial charge in [-0.2, -0.15) is 5.26 Å². The number of anilines is 2. The van der Waals surface area contributed by atoms with Crippen molar-refractivity contribution in [2.45, 2.75) is 20.8 Å². The monoisotopic (exact) mass is 513 g/mol. The first-order valence-corrected chi connectivity index (χ1v) is 12.6. The topological polar surface area (TPSA) is 99.0 Å². The Morgan fingerprint density at radius 2 is 1.87 bits per heavy atom. The molecule has 8 heteroatoms. The summed E-state index contributed by atoms with van der Waals surface area (Å²) in [6.45, 7) is 17.0. The van der Waals surface area contributed by atoms with Gasteiger partial charge in [0.15, 0.2) is 0 Å². The third-order valence-corrected chi connectivity index (χ3v) is 6.07. The Bertz CT molecular complexity index is 1270. The second-order valence-electron chi connectivity index (χ2n) is 8.62. The highest BCUT2D eigenvalue weighted by Crippen LogP contribution is 2.27. The Kier molecular flexibility index (Phi) is 10.3. The first-order valence-electron chi connectivity index (χ1n) is 12.6. The lowest BCUT2D eigenvalue weighted by atomic mass is 10.0. The molecule has 0 saturated carbocycles. The molecule has 3 rings (SSSR count). The number of nitriles is 1. The van der Waals surface area contributed by atoms with Crippen LogP contribution in [0.4, 0.5) is 11.4 Å². The van der Waals surface area contributed by atoms with E-state index in [1.165, 1.54) is 0 Å². The zero-order valence-corrected chi connectivity index (χ0v) is 22.3. The van der Waals surface area contributed by atoms with Crippen LogP contribution < -0.4 is 15.5 Å². The van der Waals surface area contributed by atoms with Gasteiger partial charge in [-0.1, -0.05) is 43.5 Å². The minimum Gasteiger partial charge on any atom is -0.462 e. The van der Waals surface area contributed by atoms with Crippen molar-refractivity contribution in [1.29, 1.82) is 5.26 Å². The van der Waals surface area contributed by atoms with Crippen LogP contribution in [0.3, 0.4) is 0 Å². The number of ether oxygens (including phenoxy) is 2. The van der Waals surface area contributed by atoms with Gasteiger partial charge in [-0.3, -0.25) is 0 Å². The minimum absolute atomic E-state index is 0.196. The lowest BCUT2D eigenvalue weighted by Crippen LogP contribution is -2.37. The van der Waals surface area contributed by atoms with Gasteiger partial charge in [-0.05, 0) is 50.1 Å². The van der Waals surface area contributed by atoms with E-state index < -0.39 is 0 Å². The van der Waals surface area contributed by atoms with Crippen LogP contribution in [0.25, 0.3) is 5.70 Å². The third kappa shape index (κ3) is 7.34. The standard InChI is InChI=1S/C30H35N5O3/c1-6-21(3)29(25-10-8-24(9-11-25)22(4)32-15-14-31)34-23(5)33-26-12-13-28(35-16-18-37-19-17-35)27(20-26)30(36)38-7-2/h6,8-13,20,32-33H,4-5,7,15-19H2,1-3H3/b21-6-,34-29+. The van der Waals surface area contributed by atoms with Crippen LogP contribution in [0.15, 0.2) is 78.1 Å². The molecule has 2 N–H and O–H groups in total. The highest BCUT2D eigenvalue weighted by molar-refractivity contribution is 6.12. The zero-order chi connectivity index (χ0) is 27.5. The van der Waals surface area contributed by atoms with Crippen LogP contribution in [-0.4, -0.2) is 51.1 Å². The molecule has 1 fully saturated rings. The molecule has 2 aromatic carbocycles. The lowest BCUT2D eigenvalue weighted by Gasteiger charge is -2.30. The molecule has 0 radical (unpaired) electrons. The number of aliphatic imine (C=N–C) groups is 1. The van der Waals surface area contributed by atoms with E-state index in [1.807, 2.05) is 62.4 Å². The Hall–Kier alpha value is -4.35. The van der Waals surface area contributed by atoms with Gasteiger partial charge in [0.2, 0.25) is 0 Å². The van der Waals surface area contributed by atoms with Crippen LogP contribution in [-0.2, 0) is 9.47 Å². The second-order valence-corrected chi connectivity index (χ2v) is 8.62. The molecule has 8 nitrogen and oxygen atoms in total. The predicted molar refractivity (Wildman–Crippen MR) is 153 cm³/mol. The maximum absolute atomic E-state index is 12.8. The van der Waals surface area contributed by atoms with E-state index in [1.54, 1.807) is 13.0 Å². The third-order valence-electron chi connectivity index (χ3n) is 6.07. The molecule has 1 aliphatic heterocycles. The maximum atomic E-state index is 12.8. The first kappa shape index (κ1) is 28.2. The number of rotatable bonds is 11. The van der Waals surface area contributed by atoms with Crippen LogP contribution in [0.1, 0.15) is 42.3 Å². The number of allylic oxidation sites excluding steroid dienone is 2. The highest BCUT2D eigenvalue weighted by atomic mass is 16.5. The van der Waals surface area contributed by atoms with Crippen molar-refractivity contribution in [2.24, 2.45) is 4.99 Å². The quantitative estimate of drug-likeness (QED) is 0.244. The number of nitrogens with one attached hydrogen (secondary N) is 2. The fourth-order valence-corrected chi connectivity index (χ4v) is 3.99. The Balaban J connectivity index is 1.85. The molecular weight excluding hydrogens is 478 g/mol. The molecule has 0 atom stereocenters. The van der Waals surface area contributed by atoms with E-state index in [0.29, 0.717) is 55.7 Å². The van der Waals surface area contributed by atoms with E-state index in [4.69, 9.17) is 19.7 Å². The fraction of sp³-hybridized carbons (Fsp3) is 0.300. The molecule has 0 aliphatic carbocycles. The summed E-state index contributed by atoms with van der Waals surface area (Å²) in [5, 5.41) is 15.0. The Morgan fingerprint density at radius 1 is 1.18 bits per heavy atom. The number of carbonyl (C=O) groups excluding carboxylic acids is 1. The van der Waals surface area contributed by atoms with Crippen LogP contribution in [0.5, 0.6) is 0 Å². The van der Waals surface area contributed by atoms with Gasteiger partial charge in [-0.25, -0.2) is 9.79 Å². The molecule has 198 valence electrons. The smallest absolute Gasteiger partial charge is 0.340 e.